The molecule has 0 unspecified atom stereocenters. The number of hydrogen-bond acceptors (Lipinski definition) is 4. The van der Waals surface area contributed by atoms with Crippen molar-refractivity contribution in [3.63, 3.8) is 0 Å². The number of aromatic nitrogens is 1. The van der Waals surface area contributed by atoms with Crippen molar-refractivity contribution < 1.29 is 14.3 Å². The number of ether oxygens (including phenoxy) is 1. The molecule has 3 aromatic rings. The fraction of sp³-hybridized carbons (Fsp3) is 0.150. The zero-order chi connectivity index (χ0) is 18.5. The highest BCUT2D eigenvalue weighted by molar-refractivity contribution is 5.91. The average molecular weight is 350 g/mol. The summed E-state index contributed by atoms with van der Waals surface area (Å²) in [5, 5.41) is 4.94. The Balaban J connectivity index is 1.63. The first-order valence-electron chi connectivity index (χ1n) is 8.18. The number of carbonyl (C=O) groups is 2. The van der Waals surface area contributed by atoms with Gasteiger partial charge in [-0.15, -0.1) is 0 Å². The second-order valence-electron chi connectivity index (χ2n) is 5.85. The van der Waals surface area contributed by atoms with Crippen LogP contribution >= 0.6 is 0 Å². The van der Waals surface area contributed by atoms with E-state index in [4.69, 9.17) is 4.74 Å². The molecule has 0 aliphatic heterocycles. The number of carbonyl (C=O) groups excluding carboxylic acids is 2. The van der Waals surface area contributed by atoms with Gasteiger partial charge in [-0.05, 0) is 35.4 Å². The number of esters is 1. The highest BCUT2D eigenvalue weighted by Crippen LogP contribution is 2.23. The van der Waals surface area contributed by atoms with Gasteiger partial charge in [-0.2, -0.15) is 0 Å². The molecule has 0 saturated heterocycles. The Morgan fingerprint density at radius 2 is 1.85 bits per heavy atom. The summed E-state index contributed by atoms with van der Waals surface area (Å²) in [5.41, 5.74) is 0.284. The third kappa shape index (κ3) is 3.80. The molecule has 1 atom stereocenters. The molecule has 26 heavy (non-hydrogen) atoms. The lowest BCUT2D eigenvalue weighted by Crippen LogP contribution is -2.32. The van der Waals surface area contributed by atoms with Gasteiger partial charge in [-0.1, -0.05) is 42.5 Å². The van der Waals surface area contributed by atoms with Crippen LogP contribution in [0.4, 0.5) is 0 Å². The fourth-order valence-electron chi connectivity index (χ4n) is 2.78. The van der Waals surface area contributed by atoms with Crippen LogP contribution in [0.5, 0.6) is 0 Å². The van der Waals surface area contributed by atoms with E-state index < -0.39 is 24.0 Å². The van der Waals surface area contributed by atoms with Crippen molar-refractivity contribution in [2.24, 2.45) is 0 Å². The SMILES string of the molecule is C[C@@H](NC(=O)COC(=O)c1ccc[nH]c1=O)c1cccc2ccccc12. The first-order valence-corrected chi connectivity index (χ1v) is 8.18. The number of H-pyrrole nitrogens is 1. The lowest BCUT2D eigenvalue weighted by atomic mass is 10.00. The van der Waals surface area contributed by atoms with Crippen LogP contribution in [0.3, 0.4) is 0 Å². The second-order valence-corrected chi connectivity index (χ2v) is 5.85. The van der Waals surface area contributed by atoms with Crippen LogP contribution in [0.15, 0.2) is 65.6 Å². The minimum Gasteiger partial charge on any atom is -0.452 e. The number of fused-ring (bicyclic) bond motifs is 1. The molecule has 0 radical (unpaired) electrons. The minimum absolute atomic E-state index is 0.137. The minimum atomic E-state index is -0.834. The van der Waals surface area contributed by atoms with Crippen molar-refractivity contribution in [2.45, 2.75) is 13.0 Å². The second kappa shape index (κ2) is 7.65. The first-order chi connectivity index (χ1) is 12.6. The van der Waals surface area contributed by atoms with Crippen LogP contribution in [-0.4, -0.2) is 23.5 Å². The van der Waals surface area contributed by atoms with Crippen molar-refractivity contribution in [2.75, 3.05) is 6.61 Å². The van der Waals surface area contributed by atoms with Crippen molar-refractivity contribution in [3.8, 4) is 0 Å². The molecule has 0 fully saturated rings. The molecule has 1 heterocycles. The molecule has 0 saturated carbocycles. The molecule has 132 valence electrons. The monoisotopic (exact) mass is 350 g/mol. The lowest BCUT2D eigenvalue weighted by Gasteiger charge is -2.16. The predicted octanol–water partition coefficient (Wildman–Crippen LogP) is 2.56. The molecule has 1 amide bonds. The van der Waals surface area contributed by atoms with Crippen LogP contribution in [0.1, 0.15) is 28.9 Å². The largest absolute Gasteiger partial charge is 0.452 e. The van der Waals surface area contributed by atoms with Gasteiger partial charge in [0, 0.05) is 6.20 Å². The normalized spacial score (nSPS) is 11.7. The van der Waals surface area contributed by atoms with E-state index in [-0.39, 0.29) is 11.6 Å². The fourth-order valence-corrected chi connectivity index (χ4v) is 2.78. The van der Waals surface area contributed by atoms with Crippen molar-refractivity contribution in [1.82, 2.24) is 10.3 Å². The van der Waals surface area contributed by atoms with E-state index in [0.29, 0.717) is 0 Å². The molecule has 1 aromatic heterocycles. The molecule has 0 aliphatic carbocycles. The smallest absolute Gasteiger partial charge is 0.344 e. The molecule has 0 bridgehead atoms. The summed E-state index contributed by atoms with van der Waals surface area (Å²) >= 11 is 0. The molecule has 0 aliphatic rings. The predicted molar refractivity (Wildman–Crippen MR) is 97.9 cm³/mol. The van der Waals surface area contributed by atoms with Gasteiger partial charge in [0.05, 0.1) is 6.04 Å². The Morgan fingerprint density at radius 3 is 2.65 bits per heavy atom. The first kappa shape index (κ1) is 17.4. The quantitative estimate of drug-likeness (QED) is 0.692. The van der Waals surface area contributed by atoms with E-state index in [1.807, 2.05) is 49.4 Å². The van der Waals surface area contributed by atoms with E-state index >= 15 is 0 Å². The van der Waals surface area contributed by atoms with E-state index in [0.717, 1.165) is 16.3 Å². The maximum Gasteiger partial charge on any atom is 0.344 e. The topological polar surface area (TPSA) is 88.3 Å². The highest BCUT2D eigenvalue weighted by atomic mass is 16.5. The van der Waals surface area contributed by atoms with E-state index in [2.05, 4.69) is 10.3 Å². The van der Waals surface area contributed by atoms with Gasteiger partial charge in [0.25, 0.3) is 11.5 Å². The number of pyridine rings is 1. The van der Waals surface area contributed by atoms with Crippen molar-refractivity contribution in [1.29, 1.82) is 0 Å². The summed E-state index contributed by atoms with van der Waals surface area (Å²) in [5.74, 6) is -1.27. The summed E-state index contributed by atoms with van der Waals surface area (Å²) in [4.78, 5) is 37.9. The summed E-state index contributed by atoms with van der Waals surface area (Å²) in [6, 6.07) is 16.4. The number of amides is 1. The Kier molecular flexibility index (Phi) is 5.12. The van der Waals surface area contributed by atoms with Gasteiger partial charge < -0.3 is 15.0 Å². The Labute approximate surface area is 149 Å². The maximum atomic E-state index is 12.1. The summed E-state index contributed by atoms with van der Waals surface area (Å²) < 4.78 is 4.92. The molecule has 2 N–H and O–H groups in total. The number of benzene rings is 2. The third-order valence-electron chi connectivity index (χ3n) is 4.04. The van der Waals surface area contributed by atoms with Gasteiger partial charge >= 0.3 is 5.97 Å². The van der Waals surface area contributed by atoms with Gasteiger partial charge in [0.15, 0.2) is 6.61 Å². The number of hydrogen-bond donors (Lipinski definition) is 2. The Hall–Kier alpha value is -3.41. The van der Waals surface area contributed by atoms with Crippen molar-refractivity contribution >= 4 is 22.6 Å². The average Bonchev–Trinajstić information content (AvgIpc) is 2.66. The standard InChI is InChI=1S/C20H18N2O4/c1-13(15-9-4-7-14-6-2-3-8-16(14)15)22-18(23)12-26-20(25)17-10-5-11-21-19(17)24/h2-11,13H,12H2,1H3,(H,21,24)(H,22,23)/t13-/m1/s1. The molecule has 3 rings (SSSR count). The molecule has 0 spiro atoms. The van der Waals surface area contributed by atoms with Crippen molar-refractivity contribution in [3.05, 3.63) is 82.3 Å². The van der Waals surface area contributed by atoms with Crippen LogP contribution in [0.2, 0.25) is 0 Å². The van der Waals surface area contributed by atoms with E-state index in [9.17, 15) is 14.4 Å². The number of aromatic amines is 1. The molecule has 6 heteroatoms. The highest BCUT2D eigenvalue weighted by Gasteiger charge is 2.16. The zero-order valence-corrected chi connectivity index (χ0v) is 14.2. The summed E-state index contributed by atoms with van der Waals surface area (Å²) in [7, 11) is 0. The van der Waals surface area contributed by atoms with Crippen LogP contribution in [-0.2, 0) is 9.53 Å². The number of rotatable bonds is 5. The van der Waals surface area contributed by atoms with Gasteiger partial charge in [-0.25, -0.2) is 4.79 Å². The summed E-state index contributed by atoms with van der Waals surface area (Å²) in [6.07, 6.45) is 1.41. The van der Waals surface area contributed by atoms with Gasteiger partial charge in [-0.3, -0.25) is 9.59 Å². The molecule has 2 aromatic carbocycles. The Morgan fingerprint density at radius 1 is 1.08 bits per heavy atom. The Bertz CT molecular complexity index is 1000. The van der Waals surface area contributed by atoms with Crippen LogP contribution in [0.25, 0.3) is 10.8 Å². The zero-order valence-electron chi connectivity index (χ0n) is 14.2. The van der Waals surface area contributed by atoms with E-state index in [1.165, 1.54) is 18.3 Å². The third-order valence-corrected chi connectivity index (χ3v) is 4.04. The van der Waals surface area contributed by atoms with E-state index in [1.54, 1.807) is 0 Å². The summed E-state index contributed by atoms with van der Waals surface area (Å²) in [6.45, 7) is 1.41. The lowest BCUT2D eigenvalue weighted by molar-refractivity contribution is -0.124. The maximum absolute atomic E-state index is 12.1. The van der Waals surface area contributed by atoms with Crippen LogP contribution in [0, 0.1) is 0 Å². The van der Waals surface area contributed by atoms with Crippen LogP contribution < -0.4 is 10.9 Å². The molecule has 6 nitrogen and oxygen atoms in total. The molecular weight excluding hydrogens is 332 g/mol. The van der Waals surface area contributed by atoms with Gasteiger partial charge in [0.1, 0.15) is 5.56 Å². The number of nitrogens with one attached hydrogen (secondary N) is 2. The molecular formula is C20H18N2O4. The van der Waals surface area contributed by atoms with Gasteiger partial charge in [0.2, 0.25) is 0 Å².